The Hall–Kier alpha value is -2.45. The van der Waals surface area contributed by atoms with Crippen molar-refractivity contribution in [2.75, 3.05) is 18.5 Å². The lowest BCUT2D eigenvalue weighted by molar-refractivity contribution is -0.0317. The van der Waals surface area contributed by atoms with Crippen molar-refractivity contribution in [3.8, 4) is 0 Å². The minimum absolute atomic E-state index is 0.0888. The van der Waals surface area contributed by atoms with E-state index in [1.165, 1.54) is 11.9 Å². The van der Waals surface area contributed by atoms with E-state index in [0.717, 1.165) is 4.90 Å². The molecule has 3 heterocycles. The molecule has 2 aliphatic heterocycles. The predicted octanol–water partition coefficient (Wildman–Crippen LogP) is 1.12. The van der Waals surface area contributed by atoms with E-state index < -0.39 is 40.2 Å². The maximum absolute atomic E-state index is 12.4. The average molecular weight is 419 g/mol. The third-order valence-electron chi connectivity index (χ3n) is 4.17. The van der Waals surface area contributed by atoms with Crippen LogP contribution in [-0.2, 0) is 19.4 Å². The summed E-state index contributed by atoms with van der Waals surface area (Å²) in [5, 5.41) is 8.35. The number of rotatable bonds is 4. The molecule has 0 aliphatic carbocycles. The van der Waals surface area contributed by atoms with Crippen molar-refractivity contribution in [3.63, 3.8) is 0 Å². The van der Waals surface area contributed by atoms with Gasteiger partial charge in [-0.15, -0.1) is 9.38 Å². The van der Waals surface area contributed by atoms with Gasteiger partial charge in [0, 0.05) is 13.6 Å². The number of hydroxylamine groups is 2. The highest BCUT2D eigenvalue weighted by Crippen LogP contribution is 2.38. The Morgan fingerprint density at radius 2 is 2.00 bits per heavy atom. The van der Waals surface area contributed by atoms with Crippen LogP contribution in [0.1, 0.15) is 45.5 Å². The second-order valence-corrected chi connectivity index (χ2v) is 8.48. The van der Waals surface area contributed by atoms with E-state index in [1.807, 2.05) is 0 Å². The number of piperidine rings is 1. The number of anilines is 1. The Morgan fingerprint density at radius 3 is 2.61 bits per heavy atom. The van der Waals surface area contributed by atoms with Crippen molar-refractivity contribution in [2.24, 2.45) is 0 Å². The Morgan fingerprint density at radius 1 is 1.32 bits per heavy atom. The highest BCUT2D eigenvalue weighted by molar-refractivity contribution is 7.80. The van der Waals surface area contributed by atoms with E-state index in [2.05, 4.69) is 14.5 Å². The molecule has 2 saturated heterocycles. The standard InChI is InChI=1S/C14H21N5O8S/c1-14(2,3)26-13(21)17(4)11-16-15-10(25-11)9-6-5-8-7-18(9)12(20)19(8)27-28(22,23)24/h8-9H,5-7H2,1-4H3,(H,22,23,24)/t8-,9+/m1/s1. The first-order valence-corrected chi connectivity index (χ1v) is 9.79. The first-order chi connectivity index (χ1) is 12.9. The SMILES string of the molecule is CN(C(=O)OC(C)(C)C)c1nnc([C@@H]2CC[C@@H]3CN2C(=O)N3OS(=O)(=O)O)o1. The molecule has 28 heavy (non-hydrogen) atoms. The molecular formula is C14H21N5O8S. The molecule has 0 spiro atoms. The minimum atomic E-state index is -4.82. The summed E-state index contributed by atoms with van der Waals surface area (Å²) in [6.45, 7) is 5.32. The number of nitrogens with zero attached hydrogens (tertiary/aromatic N) is 5. The Labute approximate surface area is 161 Å². The van der Waals surface area contributed by atoms with E-state index >= 15 is 0 Å². The second-order valence-electron chi connectivity index (χ2n) is 7.47. The molecule has 0 saturated carbocycles. The van der Waals surface area contributed by atoms with E-state index in [0.29, 0.717) is 17.9 Å². The first kappa shape index (κ1) is 20.3. The van der Waals surface area contributed by atoms with Gasteiger partial charge in [0.25, 0.3) is 0 Å². The lowest BCUT2D eigenvalue weighted by Gasteiger charge is -2.27. The second kappa shape index (κ2) is 6.86. The maximum atomic E-state index is 12.4. The maximum Gasteiger partial charge on any atom is 0.418 e. The highest BCUT2D eigenvalue weighted by Gasteiger charge is 2.49. The number of carbonyl (C=O) groups excluding carboxylic acids is 2. The molecule has 2 bridgehead atoms. The molecule has 3 rings (SSSR count). The van der Waals surface area contributed by atoms with Crippen LogP contribution in [0.15, 0.2) is 4.42 Å². The third kappa shape index (κ3) is 4.18. The molecule has 0 radical (unpaired) electrons. The lowest BCUT2D eigenvalue weighted by atomic mass is 10.0. The molecule has 2 aliphatic rings. The lowest BCUT2D eigenvalue weighted by Crippen LogP contribution is -2.35. The molecule has 1 aromatic heterocycles. The third-order valence-corrected chi connectivity index (χ3v) is 4.52. The molecule has 14 heteroatoms. The van der Waals surface area contributed by atoms with Crippen molar-refractivity contribution in [2.45, 2.75) is 51.3 Å². The zero-order chi connectivity index (χ0) is 20.9. The van der Waals surface area contributed by atoms with Crippen LogP contribution < -0.4 is 4.90 Å². The van der Waals surface area contributed by atoms with Crippen molar-refractivity contribution in [1.82, 2.24) is 20.2 Å². The van der Waals surface area contributed by atoms with Crippen LogP contribution in [0.5, 0.6) is 0 Å². The van der Waals surface area contributed by atoms with Crippen LogP contribution in [0.25, 0.3) is 0 Å². The summed E-state index contributed by atoms with van der Waals surface area (Å²) < 4.78 is 45.9. The van der Waals surface area contributed by atoms with Gasteiger partial charge in [-0.25, -0.2) is 14.5 Å². The van der Waals surface area contributed by atoms with Gasteiger partial charge in [-0.1, -0.05) is 5.10 Å². The largest absolute Gasteiger partial charge is 0.443 e. The van der Waals surface area contributed by atoms with Crippen molar-refractivity contribution in [3.05, 3.63) is 5.89 Å². The number of fused-ring (bicyclic) bond motifs is 2. The molecule has 2 fully saturated rings. The van der Waals surface area contributed by atoms with Gasteiger partial charge in [0.2, 0.25) is 5.89 Å². The van der Waals surface area contributed by atoms with Gasteiger partial charge in [0.1, 0.15) is 11.6 Å². The van der Waals surface area contributed by atoms with E-state index in [4.69, 9.17) is 13.7 Å². The van der Waals surface area contributed by atoms with Gasteiger partial charge in [0.15, 0.2) is 0 Å². The fraction of sp³-hybridized carbons (Fsp3) is 0.714. The van der Waals surface area contributed by atoms with Crippen LogP contribution in [0.4, 0.5) is 15.6 Å². The monoisotopic (exact) mass is 419 g/mol. The smallest absolute Gasteiger partial charge is 0.418 e. The molecule has 1 aromatic rings. The van der Waals surface area contributed by atoms with E-state index in [1.54, 1.807) is 20.8 Å². The Balaban J connectivity index is 1.74. The zero-order valence-electron chi connectivity index (χ0n) is 15.7. The van der Waals surface area contributed by atoms with Gasteiger partial charge in [-0.2, -0.15) is 13.5 Å². The summed E-state index contributed by atoms with van der Waals surface area (Å²) >= 11 is 0. The molecule has 0 unspecified atom stereocenters. The number of carbonyl (C=O) groups is 2. The Kier molecular flexibility index (Phi) is 4.97. The van der Waals surface area contributed by atoms with Crippen LogP contribution in [-0.4, -0.2) is 70.5 Å². The summed E-state index contributed by atoms with van der Waals surface area (Å²) in [5.41, 5.74) is -0.703. The number of urea groups is 1. The number of amides is 3. The summed E-state index contributed by atoms with van der Waals surface area (Å²) in [7, 11) is -3.42. The summed E-state index contributed by atoms with van der Waals surface area (Å²) in [5.74, 6) is 0.0888. The number of aromatic nitrogens is 2. The summed E-state index contributed by atoms with van der Waals surface area (Å²) in [6.07, 6.45) is 0.109. The minimum Gasteiger partial charge on any atom is -0.443 e. The summed E-state index contributed by atoms with van der Waals surface area (Å²) in [6, 6.07) is -2.00. The van der Waals surface area contributed by atoms with Gasteiger partial charge in [-0.3, -0.25) is 4.55 Å². The van der Waals surface area contributed by atoms with E-state index in [-0.39, 0.29) is 18.5 Å². The van der Waals surface area contributed by atoms with Crippen molar-refractivity contribution in [1.29, 1.82) is 0 Å². The van der Waals surface area contributed by atoms with Crippen LogP contribution in [0.2, 0.25) is 0 Å². The molecule has 2 atom stereocenters. The van der Waals surface area contributed by atoms with Crippen LogP contribution in [0.3, 0.4) is 0 Å². The molecule has 0 aromatic carbocycles. The predicted molar refractivity (Wildman–Crippen MR) is 91.3 cm³/mol. The number of hydrogen-bond acceptors (Lipinski definition) is 9. The fourth-order valence-corrected chi connectivity index (χ4v) is 3.38. The van der Waals surface area contributed by atoms with Crippen LogP contribution in [0, 0.1) is 0 Å². The van der Waals surface area contributed by atoms with Gasteiger partial charge in [0.05, 0.1) is 6.04 Å². The highest BCUT2D eigenvalue weighted by atomic mass is 32.3. The topological polar surface area (TPSA) is 156 Å². The summed E-state index contributed by atoms with van der Waals surface area (Å²) in [4.78, 5) is 26.9. The molecule has 156 valence electrons. The van der Waals surface area contributed by atoms with Gasteiger partial charge >= 0.3 is 28.5 Å². The van der Waals surface area contributed by atoms with E-state index in [9.17, 15) is 18.0 Å². The molecule has 13 nitrogen and oxygen atoms in total. The fourth-order valence-electron chi connectivity index (χ4n) is 2.99. The van der Waals surface area contributed by atoms with Crippen LogP contribution >= 0.6 is 0 Å². The number of ether oxygens (including phenoxy) is 1. The normalized spacial score (nSPS) is 22.5. The van der Waals surface area contributed by atoms with Gasteiger partial charge in [-0.05, 0) is 33.6 Å². The molecule has 3 amide bonds. The Bertz CT molecular complexity index is 879. The van der Waals surface area contributed by atoms with Gasteiger partial charge < -0.3 is 14.1 Å². The molecule has 1 N–H and O–H groups in total. The molecular weight excluding hydrogens is 398 g/mol. The first-order valence-electron chi connectivity index (χ1n) is 8.42. The van der Waals surface area contributed by atoms with Crippen molar-refractivity contribution >= 4 is 28.5 Å². The number of hydrogen-bond donors (Lipinski definition) is 1. The average Bonchev–Trinajstić information content (AvgIpc) is 3.12. The quantitative estimate of drug-likeness (QED) is 0.701. The van der Waals surface area contributed by atoms with Crippen molar-refractivity contribution < 1.29 is 36.0 Å². The zero-order valence-corrected chi connectivity index (χ0v) is 16.5.